The van der Waals surface area contributed by atoms with Gasteiger partial charge in [0.1, 0.15) is 11.5 Å². The third kappa shape index (κ3) is 4.16. The van der Waals surface area contributed by atoms with Crippen LogP contribution in [0.15, 0.2) is 42.5 Å². The molecule has 0 aliphatic rings. The molecule has 0 aromatic heterocycles. The smallest absolute Gasteiger partial charge is 0.416 e. The van der Waals surface area contributed by atoms with E-state index in [0.29, 0.717) is 12.1 Å². The van der Waals surface area contributed by atoms with Crippen LogP contribution in [-0.2, 0) is 12.4 Å². The van der Waals surface area contributed by atoms with E-state index < -0.39 is 29.2 Å². The third-order valence-corrected chi connectivity index (χ3v) is 2.78. The highest BCUT2D eigenvalue weighted by Crippen LogP contribution is 2.39. The van der Waals surface area contributed by atoms with Gasteiger partial charge < -0.3 is 4.74 Å². The summed E-state index contributed by atoms with van der Waals surface area (Å²) in [5.74, 6) is -0.590. The molecule has 2 nitrogen and oxygen atoms in total. The van der Waals surface area contributed by atoms with Crippen LogP contribution in [0.3, 0.4) is 0 Å². The average Bonchev–Trinajstić information content (AvgIpc) is 2.46. The summed E-state index contributed by atoms with van der Waals surface area (Å²) in [4.78, 5) is 0. The van der Waals surface area contributed by atoms with Crippen LogP contribution in [0.25, 0.3) is 0 Å². The van der Waals surface area contributed by atoms with Gasteiger partial charge in [-0.1, -0.05) is 0 Å². The predicted octanol–water partition coefficient (Wildman–Crippen LogP) is 5.39. The van der Waals surface area contributed by atoms with E-state index in [2.05, 4.69) is 0 Å². The van der Waals surface area contributed by atoms with Crippen LogP contribution in [0.4, 0.5) is 26.3 Å². The quantitative estimate of drug-likeness (QED) is 0.691. The molecule has 0 aliphatic heterocycles. The molecule has 0 saturated carbocycles. The van der Waals surface area contributed by atoms with Gasteiger partial charge >= 0.3 is 12.4 Å². The molecule has 0 fully saturated rings. The standard InChI is InChI=1S/C15H7F6NO/c16-14(17,18)10-5-11(15(19,20)21)7-13(6-10)23-12-3-1-9(8-22)2-4-12/h1-7H. The van der Waals surface area contributed by atoms with Gasteiger partial charge in [-0.25, -0.2) is 0 Å². The van der Waals surface area contributed by atoms with Gasteiger partial charge in [0, 0.05) is 0 Å². The van der Waals surface area contributed by atoms with Crippen LogP contribution in [0.1, 0.15) is 16.7 Å². The van der Waals surface area contributed by atoms with Gasteiger partial charge in [-0.3, -0.25) is 0 Å². The molecule has 0 amide bonds. The van der Waals surface area contributed by atoms with E-state index in [1.165, 1.54) is 24.3 Å². The number of rotatable bonds is 2. The number of hydrogen-bond acceptors (Lipinski definition) is 2. The van der Waals surface area contributed by atoms with Gasteiger partial charge in [0.2, 0.25) is 0 Å². The fourth-order valence-corrected chi connectivity index (χ4v) is 1.72. The first-order valence-corrected chi connectivity index (χ1v) is 6.07. The summed E-state index contributed by atoms with van der Waals surface area (Å²) >= 11 is 0. The summed E-state index contributed by atoms with van der Waals surface area (Å²) in [6.45, 7) is 0. The molecule has 0 saturated heterocycles. The molecular weight excluding hydrogens is 324 g/mol. The van der Waals surface area contributed by atoms with E-state index in [4.69, 9.17) is 10.00 Å². The Labute approximate surface area is 126 Å². The van der Waals surface area contributed by atoms with E-state index in [-0.39, 0.29) is 17.4 Å². The summed E-state index contributed by atoms with van der Waals surface area (Å²) < 4.78 is 81.3. The Morgan fingerprint density at radius 1 is 0.739 bits per heavy atom. The number of ether oxygens (including phenoxy) is 1. The van der Waals surface area contributed by atoms with Crippen molar-refractivity contribution in [2.45, 2.75) is 12.4 Å². The Morgan fingerprint density at radius 3 is 1.61 bits per heavy atom. The zero-order valence-electron chi connectivity index (χ0n) is 11.2. The highest BCUT2D eigenvalue weighted by atomic mass is 19.4. The van der Waals surface area contributed by atoms with Gasteiger partial charge in [-0.05, 0) is 42.5 Å². The number of benzene rings is 2. The second-order valence-electron chi connectivity index (χ2n) is 4.48. The topological polar surface area (TPSA) is 33.0 Å². The number of nitrogens with zero attached hydrogens (tertiary/aromatic N) is 1. The van der Waals surface area contributed by atoms with Crippen LogP contribution in [0, 0.1) is 11.3 Å². The van der Waals surface area contributed by atoms with Crippen molar-refractivity contribution in [1.82, 2.24) is 0 Å². The molecule has 2 aromatic rings. The molecule has 0 radical (unpaired) electrons. The van der Waals surface area contributed by atoms with E-state index in [9.17, 15) is 26.3 Å². The Kier molecular flexibility index (Phi) is 4.23. The molecule has 0 spiro atoms. The van der Waals surface area contributed by atoms with Crippen LogP contribution in [0.5, 0.6) is 11.5 Å². The van der Waals surface area contributed by atoms with Gasteiger partial charge in [-0.15, -0.1) is 0 Å². The Bertz CT molecular complexity index is 708. The van der Waals surface area contributed by atoms with E-state index in [1.54, 1.807) is 0 Å². The number of hydrogen-bond donors (Lipinski definition) is 0. The minimum atomic E-state index is -4.94. The molecular formula is C15H7F6NO. The zero-order chi connectivity index (χ0) is 17.3. The van der Waals surface area contributed by atoms with Crippen molar-refractivity contribution in [2.24, 2.45) is 0 Å². The van der Waals surface area contributed by atoms with Gasteiger partial charge in [0.05, 0.1) is 22.8 Å². The predicted molar refractivity (Wildman–Crippen MR) is 67.7 cm³/mol. The molecule has 23 heavy (non-hydrogen) atoms. The van der Waals surface area contributed by atoms with Crippen molar-refractivity contribution >= 4 is 0 Å². The van der Waals surface area contributed by atoms with Crippen LogP contribution in [0.2, 0.25) is 0 Å². The van der Waals surface area contributed by atoms with Crippen molar-refractivity contribution in [3.63, 3.8) is 0 Å². The van der Waals surface area contributed by atoms with E-state index in [0.717, 1.165) is 0 Å². The van der Waals surface area contributed by atoms with Gasteiger partial charge in [0.25, 0.3) is 0 Å². The normalized spacial score (nSPS) is 11.9. The maximum Gasteiger partial charge on any atom is 0.416 e. The molecule has 0 N–H and O–H groups in total. The maximum absolute atomic E-state index is 12.7. The summed E-state index contributed by atoms with van der Waals surface area (Å²) in [5.41, 5.74) is -2.65. The molecule has 0 heterocycles. The first-order chi connectivity index (χ1) is 10.6. The Balaban J connectivity index is 2.42. The fourth-order valence-electron chi connectivity index (χ4n) is 1.72. The van der Waals surface area contributed by atoms with Crippen molar-refractivity contribution in [2.75, 3.05) is 0 Å². The van der Waals surface area contributed by atoms with Crippen LogP contribution in [-0.4, -0.2) is 0 Å². The molecule has 120 valence electrons. The fraction of sp³-hybridized carbons (Fsp3) is 0.133. The average molecular weight is 331 g/mol. The lowest BCUT2D eigenvalue weighted by Gasteiger charge is -2.14. The molecule has 0 unspecified atom stereocenters. The van der Waals surface area contributed by atoms with Crippen molar-refractivity contribution in [1.29, 1.82) is 5.26 Å². The minimum absolute atomic E-state index is 0.0106. The Morgan fingerprint density at radius 2 is 1.22 bits per heavy atom. The molecule has 2 aromatic carbocycles. The first-order valence-electron chi connectivity index (χ1n) is 6.07. The number of halogens is 6. The molecule has 8 heteroatoms. The molecule has 2 rings (SSSR count). The van der Waals surface area contributed by atoms with E-state index in [1.807, 2.05) is 6.07 Å². The van der Waals surface area contributed by atoms with Crippen molar-refractivity contribution in [3.8, 4) is 17.6 Å². The summed E-state index contributed by atoms with van der Waals surface area (Å²) in [6, 6.07) is 8.00. The first kappa shape index (κ1) is 16.7. The molecule has 0 aliphatic carbocycles. The monoisotopic (exact) mass is 331 g/mol. The zero-order valence-corrected chi connectivity index (χ0v) is 11.2. The third-order valence-electron chi connectivity index (χ3n) is 2.78. The highest BCUT2D eigenvalue weighted by molar-refractivity contribution is 5.41. The van der Waals surface area contributed by atoms with Crippen molar-refractivity contribution in [3.05, 3.63) is 59.2 Å². The largest absolute Gasteiger partial charge is 0.457 e. The molecule has 0 atom stereocenters. The van der Waals surface area contributed by atoms with Gasteiger partial charge in [0.15, 0.2) is 0 Å². The second-order valence-corrected chi connectivity index (χ2v) is 4.48. The number of alkyl halides is 6. The SMILES string of the molecule is N#Cc1ccc(Oc2cc(C(F)(F)F)cc(C(F)(F)F)c2)cc1. The second kappa shape index (κ2) is 5.83. The highest BCUT2D eigenvalue weighted by Gasteiger charge is 2.37. The van der Waals surface area contributed by atoms with E-state index >= 15 is 0 Å². The lowest BCUT2D eigenvalue weighted by molar-refractivity contribution is -0.143. The summed E-state index contributed by atoms with van der Waals surface area (Å²) in [6.07, 6.45) is -9.88. The Hall–Kier alpha value is -2.69. The molecule has 0 bridgehead atoms. The van der Waals surface area contributed by atoms with Crippen LogP contribution < -0.4 is 4.74 Å². The minimum Gasteiger partial charge on any atom is -0.457 e. The lowest BCUT2D eigenvalue weighted by atomic mass is 10.1. The maximum atomic E-state index is 12.7. The van der Waals surface area contributed by atoms with Crippen LogP contribution >= 0.6 is 0 Å². The lowest BCUT2D eigenvalue weighted by Crippen LogP contribution is -2.11. The van der Waals surface area contributed by atoms with Gasteiger partial charge in [-0.2, -0.15) is 31.6 Å². The van der Waals surface area contributed by atoms with Crippen molar-refractivity contribution < 1.29 is 31.1 Å². The summed E-state index contributed by atoms with van der Waals surface area (Å²) in [5, 5.41) is 8.63. The number of nitriles is 1. The summed E-state index contributed by atoms with van der Waals surface area (Å²) in [7, 11) is 0.